The molecule has 0 spiro atoms. The third kappa shape index (κ3) is 4.65. The number of nitrogens with two attached hydrogens (primary N) is 1. The summed E-state index contributed by atoms with van der Waals surface area (Å²) >= 11 is 3.38. The number of hydrogen-bond donors (Lipinski definition) is 2. The van der Waals surface area contributed by atoms with Gasteiger partial charge in [-0.15, -0.1) is 0 Å². The second-order valence-corrected chi connectivity index (χ2v) is 5.74. The molecule has 110 valence electrons. The van der Waals surface area contributed by atoms with Gasteiger partial charge < -0.3 is 11.1 Å². The third-order valence-electron chi connectivity index (χ3n) is 3.20. The predicted molar refractivity (Wildman–Crippen MR) is 88.0 cm³/mol. The van der Waals surface area contributed by atoms with Crippen LogP contribution >= 0.6 is 15.9 Å². The van der Waals surface area contributed by atoms with Crippen LogP contribution in [0.3, 0.4) is 0 Å². The van der Waals surface area contributed by atoms with Crippen LogP contribution in [0.2, 0.25) is 0 Å². The third-order valence-corrected chi connectivity index (χ3v) is 4.03. The highest BCUT2D eigenvalue weighted by atomic mass is 79.9. The molecule has 0 aliphatic rings. The van der Waals surface area contributed by atoms with Crippen LogP contribution in [0, 0.1) is 6.92 Å². The molecule has 0 radical (unpaired) electrons. The van der Waals surface area contributed by atoms with E-state index in [9.17, 15) is 4.79 Å². The lowest BCUT2D eigenvalue weighted by Gasteiger charge is -2.12. The van der Waals surface area contributed by atoms with Crippen molar-refractivity contribution in [2.24, 2.45) is 5.73 Å². The van der Waals surface area contributed by atoms with E-state index in [1.54, 1.807) is 6.07 Å². The van der Waals surface area contributed by atoms with Crippen molar-refractivity contribution in [1.29, 1.82) is 0 Å². The molecule has 1 amide bonds. The number of anilines is 1. The van der Waals surface area contributed by atoms with Gasteiger partial charge in [-0.2, -0.15) is 0 Å². The lowest BCUT2D eigenvalue weighted by molar-refractivity contribution is -0.117. The molecule has 4 nitrogen and oxygen atoms in total. The molecule has 1 heterocycles. The minimum absolute atomic E-state index is 0.208. The highest BCUT2D eigenvalue weighted by molar-refractivity contribution is 9.10. The number of benzene rings is 1. The Hall–Kier alpha value is -1.72. The Morgan fingerprint density at radius 2 is 2.00 bits per heavy atom. The number of hydrogen-bond acceptors (Lipinski definition) is 3. The summed E-state index contributed by atoms with van der Waals surface area (Å²) in [5.41, 5.74) is 7.94. The normalized spacial score (nSPS) is 12.0. The SMILES string of the molecule is Cc1nc(NC(=O)[C@@H](N)CCc2ccccc2)ccc1Br. The molecule has 0 fully saturated rings. The summed E-state index contributed by atoms with van der Waals surface area (Å²) < 4.78 is 0.911. The Labute approximate surface area is 132 Å². The van der Waals surface area contributed by atoms with Gasteiger partial charge in [-0.3, -0.25) is 4.79 Å². The fourth-order valence-electron chi connectivity index (χ4n) is 1.93. The monoisotopic (exact) mass is 347 g/mol. The Kier molecular flexibility index (Phi) is 5.47. The first-order valence-corrected chi connectivity index (χ1v) is 7.59. The summed E-state index contributed by atoms with van der Waals surface area (Å²) in [5.74, 6) is 0.316. The molecule has 0 aliphatic heterocycles. The van der Waals surface area contributed by atoms with Crippen molar-refractivity contribution in [2.45, 2.75) is 25.8 Å². The van der Waals surface area contributed by atoms with Crippen molar-refractivity contribution in [3.05, 3.63) is 58.2 Å². The second kappa shape index (κ2) is 7.33. The Morgan fingerprint density at radius 1 is 1.29 bits per heavy atom. The quantitative estimate of drug-likeness (QED) is 0.873. The zero-order valence-electron chi connectivity index (χ0n) is 11.8. The number of nitrogens with zero attached hydrogens (tertiary/aromatic N) is 1. The molecular weight excluding hydrogens is 330 g/mol. The number of aryl methyl sites for hydroxylation is 2. The maximum absolute atomic E-state index is 12.0. The Morgan fingerprint density at radius 3 is 2.67 bits per heavy atom. The van der Waals surface area contributed by atoms with E-state index in [0.29, 0.717) is 12.2 Å². The van der Waals surface area contributed by atoms with Crippen LogP contribution < -0.4 is 11.1 Å². The van der Waals surface area contributed by atoms with E-state index in [4.69, 9.17) is 5.73 Å². The van der Waals surface area contributed by atoms with Crippen molar-refractivity contribution in [2.75, 3.05) is 5.32 Å². The van der Waals surface area contributed by atoms with Gasteiger partial charge in [0.05, 0.1) is 11.7 Å². The molecule has 5 heteroatoms. The number of rotatable bonds is 5. The molecule has 0 unspecified atom stereocenters. The summed E-state index contributed by atoms with van der Waals surface area (Å²) in [6.45, 7) is 1.87. The van der Waals surface area contributed by atoms with E-state index in [0.717, 1.165) is 16.6 Å². The summed E-state index contributed by atoms with van der Waals surface area (Å²) in [6, 6.07) is 13.1. The first-order chi connectivity index (χ1) is 10.1. The van der Waals surface area contributed by atoms with Gasteiger partial charge in [0.2, 0.25) is 5.91 Å². The number of pyridine rings is 1. The molecule has 1 aromatic carbocycles. The smallest absolute Gasteiger partial charge is 0.242 e. The van der Waals surface area contributed by atoms with E-state index in [1.807, 2.05) is 43.3 Å². The summed E-state index contributed by atoms with van der Waals surface area (Å²) in [4.78, 5) is 16.3. The van der Waals surface area contributed by atoms with Crippen LogP contribution in [0.5, 0.6) is 0 Å². The molecule has 1 atom stereocenters. The van der Waals surface area contributed by atoms with Crippen molar-refractivity contribution < 1.29 is 4.79 Å². The van der Waals surface area contributed by atoms with Gasteiger partial charge in [0, 0.05) is 4.47 Å². The van der Waals surface area contributed by atoms with Gasteiger partial charge in [0.25, 0.3) is 0 Å². The highest BCUT2D eigenvalue weighted by Gasteiger charge is 2.14. The molecular formula is C16H18BrN3O. The average Bonchev–Trinajstić information content (AvgIpc) is 2.49. The summed E-state index contributed by atoms with van der Waals surface area (Å²) in [6.07, 6.45) is 1.38. The number of amides is 1. The molecule has 0 bridgehead atoms. The largest absolute Gasteiger partial charge is 0.320 e. The molecule has 0 aliphatic carbocycles. The molecule has 0 saturated heterocycles. The van der Waals surface area contributed by atoms with Gasteiger partial charge >= 0.3 is 0 Å². The van der Waals surface area contributed by atoms with Gasteiger partial charge in [-0.05, 0) is 53.4 Å². The van der Waals surface area contributed by atoms with Crippen LogP contribution in [0.25, 0.3) is 0 Å². The Bertz CT molecular complexity index is 616. The van der Waals surface area contributed by atoms with Crippen molar-refractivity contribution >= 4 is 27.7 Å². The van der Waals surface area contributed by atoms with E-state index >= 15 is 0 Å². The van der Waals surface area contributed by atoms with E-state index < -0.39 is 6.04 Å². The van der Waals surface area contributed by atoms with Crippen LogP contribution in [0.4, 0.5) is 5.82 Å². The van der Waals surface area contributed by atoms with Gasteiger partial charge in [0.1, 0.15) is 5.82 Å². The molecule has 3 N–H and O–H groups in total. The standard InChI is InChI=1S/C16H18BrN3O/c1-11-13(17)8-10-15(19-11)20-16(21)14(18)9-7-12-5-3-2-4-6-12/h2-6,8,10,14H,7,9,18H2,1H3,(H,19,20,21)/t14-/m0/s1. The minimum atomic E-state index is -0.545. The van der Waals surface area contributed by atoms with Crippen LogP contribution in [-0.4, -0.2) is 16.9 Å². The van der Waals surface area contributed by atoms with Crippen LogP contribution in [0.15, 0.2) is 46.9 Å². The molecule has 2 rings (SSSR count). The minimum Gasteiger partial charge on any atom is -0.320 e. The van der Waals surface area contributed by atoms with Crippen LogP contribution in [-0.2, 0) is 11.2 Å². The van der Waals surface area contributed by atoms with E-state index in [-0.39, 0.29) is 5.91 Å². The van der Waals surface area contributed by atoms with Gasteiger partial charge in [-0.1, -0.05) is 30.3 Å². The zero-order chi connectivity index (χ0) is 15.2. The molecule has 21 heavy (non-hydrogen) atoms. The first kappa shape index (κ1) is 15.7. The second-order valence-electron chi connectivity index (χ2n) is 4.88. The number of aromatic nitrogens is 1. The lowest BCUT2D eigenvalue weighted by atomic mass is 10.1. The van der Waals surface area contributed by atoms with Crippen molar-refractivity contribution in [3.8, 4) is 0 Å². The first-order valence-electron chi connectivity index (χ1n) is 6.80. The average molecular weight is 348 g/mol. The number of carbonyl (C=O) groups excluding carboxylic acids is 1. The van der Waals surface area contributed by atoms with Crippen molar-refractivity contribution in [3.63, 3.8) is 0 Å². The maximum atomic E-state index is 12.0. The molecule has 2 aromatic rings. The fourth-order valence-corrected chi connectivity index (χ4v) is 2.15. The lowest BCUT2D eigenvalue weighted by Crippen LogP contribution is -2.36. The number of carbonyl (C=O) groups is 1. The van der Waals surface area contributed by atoms with Gasteiger partial charge in [0.15, 0.2) is 0 Å². The summed E-state index contributed by atoms with van der Waals surface area (Å²) in [5, 5.41) is 2.75. The Balaban J connectivity index is 1.89. The topological polar surface area (TPSA) is 68.0 Å². The molecule has 1 aromatic heterocycles. The van der Waals surface area contributed by atoms with Crippen molar-refractivity contribution in [1.82, 2.24) is 4.98 Å². The number of halogens is 1. The zero-order valence-corrected chi connectivity index (χ0v) is 13.4. The fraction of sp³-hybridized carbons (Fsp3) is 0.250. The van der Waals surface area contributed by atoms with E-state index in [2.05, 4.69) is 26.2 Å². The maximum Gasteiger partial charge on any atom is 0.242 e. The van der Waals surface area contributed by atoms with E-state index in [1.165, 1.54) is 5.56 Å². The predicted octanol–water partition coefficient (Wildman–Crippen LogP) is 3.05. The van der Waals surface area contributed by atoms with Crippen LogP contribution in [0.1, 0.15) is 17.7 Å². The molecule has 0 saturated carbocycles. The highest BCUT2D eigenvalue weighted by Crippen LogP contribution is 2.16. The summed E-state index contributed by atoms with van der Waals surface area (Å²) in [7, 11) is 0. The number of nitrogens with one attached hydrogen (secondary N) is 1. The van der Waals surface area contributed by atoms with Gasteiger partial charge in [-0.25, -0.2) is 4.98 Å².